The van der Waals surface area contributed by atoms with Crippen LogP contribution in [0.1, 0.15) is 17.2 Å². The fraction of sp³-hybridized carbons (Fsp3) is 0.385. The number of carbonyl (C=O) groups is 2. The maximum atomic E-state index is 9.75. The average molecular weight is 533 g/mol. The van der Waals surface area contributed by atoms with Crippen LogP contribution in [0.5, 0.6) is 0 Å². The van der Waals surface area contributed by atoms with Crippen LogP contribution < -0.4 is 0 Å². The quantitative estimate of drug-likeness (QED) is 0.313. The van der Waals surface area contributed by atoms with Crippen molar-refractivity contribution in [3.05, 3.63) is 65.7 Å². The van der Waals surface area contributed by atoms with Crippen molar-refractivity contribution in [2.45, 2.75) is 33.3 Å². The van der Waals surface area contributed by atoms with Gasteiger partial charge >= 0.3 is 11.9 Å². The van der Waals surface area contributed by atoms with Crippen LogP contribution in [-0.2, 0) is 16.0 Å². The molecule has 0 spiro atoms. The van der Waals surface area contributed by atoms with E-state index in [1.807, 2.05) is 11.8 Å². The molecule has 194 valence electrons. The van der Waals surface area contributed by atoms with Crippen LogP contribution in [0.3, 0.4) is 0 Å². The lowest BCUT2D eigenvalue weighted by Gasteiger charge is -2.40. The van der Waals surface area contributed by atoms with Gasteiger partial charge in [0.15, 0.2) is 0 Å². The van der Waals surface area contributed by atoms with Crippen LogP contribution in [0, 0.1) is 0 Å². The van der Waals surface area contributed by atoms with E-state index in [-0.39, 0.29) is 6.61 Å². The SMILES string of the molecule is CSc1ccc2c(c1)C(N1CCN(CC(O)CO)CC1)Cc1ccccc1S2.O=C(O)/C=C\C(=O)O. The molecule has 2 atom stereocenters. The summed E-state index contributed by atoms with van der Waals surface area (Å²) < 4.78 is 0. The largest absolute Gasteiger partial charge is 0.478 e. The lowest BCUT2D eigenvalue weighted by atomic mass is 9.96. The van der Waals surface area contributed by atoms with Gasteiger partial charge in [-0.15, -0.1) is 11.8 Å². The highest BCUT2D eigenvalue weighted by Gasteiger charge is 2.30. The molecule has 0 aromatic heterocycles. The number of nitrogens with zero attached hydrogens (tertiary/aromatic N) is 2. The van der Waals surface area contributed by atoms with Crippen molar-refractivity contribution in [1.29, 1.82) is 0 Å². The highest BCUT2D eigenvalue weighted by atomic mass is 32.2. The molecule has 2 unspecified atom stereocenters. The smallest absolute Gasteiger partial charge is 0.328 e. The Bertz CT molecular complexity index is 1060. The van der Waals surface area contributed by atoms with Crippen LogP contribution in [0.25, 0.3) is 0 Å². The zero-order valence-corrected chi connectivity index (χ0v) is 21.7. The first-order valence-electron chi connectivity index (χ1n) is 11.6. The fourth-order valence-electron chi connectivity index (χ4n) is 4.30. The zero-order chi connectivity index (χ0) is 26.1. The normalized spacial score (nSPS) is 18.9. The molecule has 0 radical (unpaired) electrons. The third-order valence-corrected chi connectivity index (χ3v) is 8.01. The topological polar surface area (TPSA) is 122 Å². The first-order chi connectivity index (χ1) is 17.3. The van der Waals surface area contributed by atoms with E-state index in [0.29, 0.717) is 24.7 Å². The highest BCUT2D eigenvalue weighted by molar-refractivity contribution is 7.99. The number of hydrogen-bond donors (Lipinski definition) is 4. The third kappa shape index (κ3) is 8.09. The number of thioether (sulfide) groups is 1. The van der Waals surface area contributed by atoms with E-state index in [9.17, 15) is 14.7 Å². The molecular formula is C26H32N2O6S2. The second kappa shape index (κ2) is 13.8. The summed E-state index contributed by atoms with van der Waals surface area (Å²) >= 11 is 3.70. The number of benzene rings is 2. The summed E-state index contributed by atoms with van der Waals surface area (Å²) in [6.07, 6.45) is 3.65. The van der Waals surface area contributed by atoms with Crippen molar-refractivity contribution < 1.29 is 30.0 Å². The standard InChI is InChI=1S/C22H28N2O2S2.C4H4O4/c1-27-18-6-7-22-19(13-18)20(12-16-4-2-3-5-21(16)28-22)24-10-8-23(9-11-24)14-17(26)15-25;5-3(6)1-2-4(7)8/h2-7,13,17,20,25-26H,8-12,14-15H2,1H3;1-2H,(H,5,6)(H,7,8)/b;2-1-. The van der Waals surface area contributed by atoms with Crippen LogP contribution in [0.15, 0.2) is 69.3 Å². The van der Waals surface area contributed by atoms with Crippen molar-refractivity contribution in [2.75, 3.05) is 45.6 Å². The Morgan fingerprint density at radius 1 is 1.06 bits per heavy atom. The monoisotopic (exact) mass is 532 g/mol. The molecule has 2 aromatic rings. The summed E-state index contributed by atoms with van der Waals surface area (Å²) in [5, 5.41) is 34.5. The van der Waals surface area contributed by atoms with Gasteiger partial charge in [-0.1, -0.05) is 30.0 Å². The summed E-state index contributed by atoms with van der Waals surface area (Å²) in [7, 11) is 0. The number of carboxylic acid groups (broad SMARTS) is 2. The predicted octanol–water partition coefficient (Wildman–Crippen LogP) is 2.84. The summed E-state index contributed by atoms with van der Waals surface area (Å²) in [5.74, 6) is -2.51. The van der Waals surface area contributed by atoms with Crippen LogP contribution in [-0.4, -0.2) is 93.9 Å². The molecule has 1 saturated heterocycles. The first-order valence-corrected chi connectivity index (χ1v) is 13.7. The summed E-state index contributed by atoms with van der Waals surface area (Å²) in [5.41, 5.74) is 2.87. The fourth-order valence-corrected chi connectivity index (χ4v) is 5.86. The Balaban J connectivity index is 0.000000392. The molecule has 0 amide bonds. The lowest BCUT2D eigenvalue weighted by Crippen LogP contribution is -2.50. The van der Waals surface area contributed by atoms with Crippen molar-refractivity contribution in [3.8, 4) is 0 Å². The Morgan fingerprint density at radius 3 is 2.33 bits per heavy atom. The van der Waals surface area contributed by atoms with Crippen molar-refractivity contribution >= 4 is 35.5 Å². The van der Waals surface area contributed by atoms with E-state index in [4.69, 9.17) is 15.3 Å². The molecule has 2 aromatic carbocycles. The number of fused-ring (bicyclic) bond motifs is 2. The number of β-amino-alcohol motifs (C(OH)–C–C–N with tert-alkyl or cyclic N) is 1. The number of rotatable bonds is 7. The predicted molar refractivity (Wildman–Crippen MR) is 141 cm³/mol. The molecule has 36 heavy (non-hydrogen) atoms. The van der Waals surface area contributed by atoms with Crippen molar-refractivity contribution in [3.63, 3.8) is 0 Å². The second-order valence-electron chi connectivity index (χ2n) is 8.52. The van der Waals surface area contributed by atoms with E-state index in [1.165, 1.54) is 25.8 Å². The van der Waals surface area contributed by atoms with Gasteiger partial charge in [0.2, 0.25) is 0 Å². The average Bonchev–Trinajstić information content (AvgIpc) is 3.04. The van der Waals surface area contributed by atoms with Gasteiger partial charge in [-0.05, 0) is 48.1 Å². The van der Waals surface area contributed by atoms with Gasteiger partial charge in [-0.3, -0.25) is 9.80 Å². The van der Waals surface area contributed by atoms with Crippen LogP contribution >= 0.6 is 23.5 Å². The van der Waals surface area contributed by atoms with Crippen LogP contribution in [0.2, 0.25) is 0 Å². The van der Waals surface area contributed by atoms with E-state index in [0.717, 1.165) is 32.6 Å². The molecule has 4 rings (SSSR count). The van der Waals surface area contributed by atoms with Gasteiger partial charge in [0.05, 0.1) is 12.7 Å². The number of carboxylic acids is 2. The molecule has 2 heterocycles. The Morgan fingerprint density at radius 2 is 1.72 bits per heavy atom. The minimum Gasteiger partial charge on any atom is -0.478 e. The molecule has 1 fully saturated rings. The van der Waals surface area contributed by atoms with E-state index >= 15 is 0 Å². The summed E-state index contributed by atoms with van der Waals surface area (Å²) in [6.45, 7) is 4.22. The Labute approximate surface area is 219 Å². The molecule has 0 bridgehead atoms. The maximum Gasteiger partial charge on any atom is 0.328 e. The third-order valence-electron chi connectivity index (χ3n) is 6.08. The molecular weight excluding hydrogens is 500 g/mol. The maximum absolute atomic E-state index is 9.75. The lowest BCUT2D eigenvalue weighted by molar-refractivity contribution is -0.134. The number of aliphatic carboxylic acids is 2. The van der Waals surface area contributed by atoms with Crippen LogP contribution in [0.4, 0.5) is 0 Å². The first kappa shape index (κ1) is 28.2. The Hall–Kier alpha value is -2.34. The molecule has 2 aliphatic heterocycles. The van der Waals surface area contributed by atoms with Gasteiger partial charge < -0.3 is 20.4 Å². The second-order valence-corrected chi connectivity index (χ2v) is 10.5. The summed E-state index contributed by atoms with van der Waals surface area (Å²) in [6, 6.07) is 16.1. The van der Waals surface area contributed by atoms with Gasteiger partial charge in [0, 0.05) is 65.6 Å². The van der Waals surface area contributed by atoms with Gasteiger partial charge in [-0.25, -0.2) is 9.59 Å². The van der Waals surface area contributed by atoms with Gasteiger partial charge in [-0.2, -0.15) is 0 Å². The molecule has 4 N–H and O–H groups in total. The molecule has 2 aliphatic rings. The number of piperazine rings is 1. The van der Waals surface area contributed by atoms with E-state index < -0.39 is 18.0 Å². The number of hydrogen-bond acceptors (Lipinski definition) is 8. The minimum atomic E-state index is -1.26. The molecule has 8 nitrogen and oxygen atoms in total. The molecule has 0 aliphatic carbocycles. The molecule has 10 heteroatoms. The minimum absolute atomic E-state index is 0.165. The summed E-state index contributed by atoms with van der Waals surface area (Å²) in [4.78, 5) is 28.0. The van der Waals surface area contributed by atoms with E-state index in [1.54, 1.807) is 11.8 Å². The van der Waals surface area contributed by atoms with Gasteiger partial charge in [0.1, 0.15) is 0 Å². The van der Waals surface area contributed by atoms with Gasteiger partial charge in [0.25, 0.3) is 0 Å². The van der Waals surface area contributed by atoms with Crippen molar-refractivity contribution in [1.82, 2.24) is 9.80 Å². The number of aliphatic hydroxyl groups excluding tert-OH is 2. The Kier molecular flexibility index (Phi) is 10.8. The molecule has 0 saturated carbocycles. The van der Waals surface area contributed by atoms with Crippen molar-refractivity contribution in [2.24, 2.45) is 0 Å². The highest BCUT2D eigenvalue weighted by Crippen LogP contribution is 2.44. The zero-order valence-electron chi connectivity index (χ0n) is 20.1. The number of aliphatic hydroxyl groups is 2. The van der Waals surface area contributed by atoms with E-state index in [2.05, 4.69) is 58.5 Å².